The third kappa shape index (κ3) is 14.0. The predicted molar refractivity (Wildman–Crippen MR) is 114 cm³/mol. The standard InChI is InChI=1S/C24H48O2/c1-3-5-7-9-11-13-15-20-25-23-18-17-19-24(22-23)26-21-16-14-12-10-8-6-4-2/h23-24H,3-22H2,1-2H3. The summed E-state index contributed by atoms with van der Waals surface area (Å²) in [4.78, 5) is 0. The number of ether oxygens (including phenoxy) is 2. The lowest BCUT2D eigenvalue weighted by atomic mass is 9.95. The second kappa shape index (κ2) is 18.3. The van der Waals surface area contributed by atoms with Crippen molar-refractivity contribution in [3.63, 3.8) is 0 Å². The fourth-order valence-corrected chi connectivity index (χ4v) is 4.02. The average Bonchev–Trinajstić information content (AvgIpc) is 2.66. The van der Waals surface area contributed by atoms with Gasteiger partial charge in [-0.1, -0.05) is 90.9 Å². The summed E-state index contributed by atoms with van der Waals surface area (Å²) in [5.41, 5.74) is 0. The highest BCUT2D eigenvalue weighted by Gasteiger charge is 2.22. The molecule has 156 valence electrons. The van der Waals surface area contributed by atoms with Crippen molar-refractivity contribution < 1.29 is 9.47 Å². The van der Waals surface area contributed by atoms with E-state index in [0.29, 0.717) is 12.2 Å². The lowest BCUT2D eigenvalue weighted by molar-refractivity contribution is -0.0460. The number of hydrogen-bond donors (Lipinski definition) is 0. The molecule has 0 amide bonds. The molecule has 0 spiro atoms. The van der Waals surface area contributed by atoms with Gasteiger partial charge in [-0.2, -0.15) is 0 Å². The van der Waals surface area contributed by atoms with Crippen molar-refractivity contribution in [2.45, 2.75) is 142 Å². The third-order valence-electron chi connectivity index (χ3n) is 5.78. The Morgan fingerprint density at radius 3 is 1.35 bits per heavy atom. The van der Waals surface area contributed by atoms with Gasteiger partial charge in [-0.3, -0.25) is 0 Å². The van der Waals surface area contributed by atoms with Crippen molar-refractivity contribution in [2.24, 2.45) is 0 Å². The summed E-state index contributed by atoms with van der Waals surface area (Å²) < 4.78 is 12.3. The molecule has 0 heterocycles. The topological polar surface area (TPSA) is 18.5 Å². The SMILES string of the molecule is CCCCCCCCCOC1CCCC(OCCCCCCCCC)C1. The molecule has 0 radical (unpaired) electrons. The number of unbranched alkanes of at least 4 members (excludes halogenated alkanes) is 12. The van der Waals surface area contributed by atoms with Gasteiger partial charge in [0.05, 0.1) is 12.2 Å². The molecule has 2 atom stereocenters. The summed E-state index contributed by atoms with van der Waals surface area (Å²) in [6, 6.07) is 0. The fourth-order valence-electron chi connectivity index (χ4n) is 4.02. The molecule has 2 unspecified atom stereocenters. The van der Waals surface area contributed by atoms with Crippen LogP contribution in [0.25, 0.3) is 0 Å². The molecule has 2 nitrogen and oxygen atoms in total. The molecule has 0 aromatic carbocycles. The molecule has 0 aliphatic heterocycles. The normalized spacial score (nSPS) is 20.5. The van der Waals surface area contributed by atoms with E-state index in [1.54, 1.807) is 0 Å². The molecule has 1 fully saturated rings. The minimum atomic E-state index is 0.461. The van der Waals surface area contributed by atoms with Crippen LogP contribution < -0.4 is 0 Å². The molecule has 0 aromatic heterocycles. The Labute approximate surface area is 164 Å². The van der Waals surface area contributed by atoms with Crippen LogP contribution in [0.3, 0.4) is 0 Å². The van der Waals surface area contributed by atoms with Crippen molar-refractivity contribution in [3.8, 4) is 0 Å². The van der Waals surface area contributed by atoms with Gasteiger partial charge in [0.15, 0.2) is 0 Å². The smallest absolute Gasteiger partial charge is 0.0599 e. The summed E-state index contributed by atoms with van der Waals surface area (Å²) in [5.74, 6) is 0. The first-order chi connectivity index (χ1) is 12.9. The van der Waals surface area contributed by atoms with Crippen LogP contribution in [0.15, 0.2) is 0 Å². The van der Waals surface area contributed by atoms with Crippen LogP contribution in [0.2, 0.25) is 0 Å². The van der Waals surface area contributed by atoms with Crippen LogP contribution in [-0.2, 0) is 9.47 Å². The van der Waals surface area contributed by atoms with Gasteiger partial charge in [0.2, 0.25) is 0 Å². The molecule has 1 aliphatic rings. The lowest BCUT2D eigenvalue weighted by Crippen LogP contribution is -2.28. The summed E-state index contributed by atoms with van der Waals surface area (Å²) in [6.07, 6.45) is 24.9. The highest BCUT2D eigenvalue weighted by molar-refractivity contribution is 4.74. The molecule has 1 saturated carbocycles. The van der Waals surface area contributed by atoms with Gasteiger partial charge >= 0.3 is 0 Å². The molecular formula is C24H48O2. The fraction of sp³-hybridized carbons (Fsp3) is 1.00. The Bertz CT molecular complexity index is 253. The maximum atomic E-state index is 6.14. The molecule has 0 aromatic rings. The number of rotatable bonds is 18. The summed E-state index contributed by atoms with van der Waals surface area (Å²) in [5, 5.41) is 0. The molecule has 0 bridgehead atoms. The van der Waals surface area contributed by atoms with Gasteiger partial charge in [-0.25, -0.2) is 0 Å². The Hall–Kier alpha value is -0.0800. The van der Waals surface area contributed by atoms with Gasteiger partial charge < -0.3 is 9.47 Å². The van der Waals surface area contributed by atoms with E-state index in [1.807, 2.05) is 0 Å². The van der Waals surface area contributed by atoms with Crippen molar-refractivity contribution in [2.75, 3.05) is 13.2 Å². The van der Waals surface area contributed by atoms with Gasteiger partial charge in [0.1, 0.15) is 0 Å². The Morgan fingerprint density at radius 1 is 0.538 bits per heavy atom. The highest BCUT2D eigenvalue weighted by Crippen LogP contribution is 2.24. The minimum Gasteiger partial charge on any atom is -0.378 e. The van der Waals surface area contributed by atoms with E-state index in [2.05, 4.69) is 13.8 Å². The number of hydrogen-bond acceptors (Lipinski definition) is 2. The second-order valence-electron chi connectivity index (χ2n) is 8.39. The molecule has 0 saturated heterocycles. The Balaban J connectivity index is 1.91. The molecule has 2 heteroatoms. The van der Waals surface area contributed by atoms with Gasteiger partial charge in [0, 0.05) is 13.2 Å². The zero-order valence-electron chi connectivity index (χ0n) is 18.1. The van der Waals surface area contributed by atoms with Crippen LogP contribution in [0.5, 0.6) is 0 Å². The molecule has 26 heavy (non-hydrogen) atoms. The van der Waals surface area contributed by atoms with E-state index in [-0.39, 0.29) is 0 Å². The van der Waals surface area contributed by atoms with E-state index in [1.165, 1.54) is 109 Å². The maximum Gasteiger partial charge on any atom is 0.0599 e. The zero-order valence-corrected chi connectivity index (χ0v) is 18.1. The molecule has 1 aliphatic carbocycles. The van der Waals surface area contributed by atoms with Crippen LogP contribution in [0.1, 0.15) is 129 Å². The van der Waals surface area contributed by atoms with Crippen molar-refractivity contribution in [1.29, 1.82) is 0 Å². The Morgan fingerprint density at radius 2 is 0.923 bits per heavy atom. The van der Waals surface area contributed by atoms with E-state index in [9.17, 15) is 0 Å². The second-order valence-corrected chi connectivity index (χ2v) is 8.39. The lowest BCUT2D eigenvalue weighted by Gasteiger charge is -2.29. The Kier molecular flexibility index (Phi) is 16.9. The highest BCUT2D eigenvalue weighted by atomic mass is 16.5. The van der Waals surface area contributed by atoms with Crippen molar-refractivity contribution in [3.05, 3.63) is 0 Å². The van der Waals surface area contributed by atoms with Crippen LogP contribution >= 0.6 is 0 Å². The van der Waals surface area contributed by atoms with Gasteiger partial charge in [0.25, 0.3) is 0 Å². The maximum absolute atomic E-state index is 6.14. The van der Waals surface area contributed by atoms with E-state index < -0.39 is 0 Å². The van der Waals surface area contributed by atoms with Gasteiger partial charge in [-0.05, 0) is 38.5 Å². The summed E-state index contributed by atoms with van der Waals surface area (Å²) in [7, 11) is 0. The zero-order chi connectivity index (χ0) is 18.7. The third-order valence-corrected chi connectivity index (χ3v) is 5.78. The van der Waals surface area contributed by atoms with Crippen LogP contribution in [0, 0.1) is 0 Å². The quantitative estimate of drug-likeness (QED) is 0.229. The first-order valence-corrected chi connectivity index (χ1v) is 12.1. The molecular weight excluding hydrogens is 320 g/mol. The van der Waals surface area contributed by atoms with E-state index in [4.69, 9.17) is 9.47 Å². The van der Waals surface area contributed by atoms with Crippen LogP contribution in [-0.4, -0.2) is 25.4 Å². The van der Waals surface area contributed by atoms with E-state index in [0.717, 1.165) is 19.6 Å². The molecule has 1 rings (SSSR count). The summed E-state index contributed by atoms with van der Waals surface area (Å²) >= 11 is 0. The molecule has 0 N–H and O–H groups in total. The van der Waals surface area contributed by atoms with Crippen LogP contribution in [0.4, 0.5) is 0 Å². The predicted octanol–water partition coefficient (Wildman–Crippen LogP) is 7.83. The first kappa shape index (κ1) is 24.0. The van der Waals surface area contributed by atoms with Crippen molar-refractivity contribution in [1.82, 2.24) is 0 Å². The van der Waals surface area contributed by atoms with Crippen molar-refractivity contribution >= 4 is 0 Å². The monoisotopic (exact) mass is 368 g/mol. The average molecular weight is 369 g/mol. The summed E-state index contributed by atoms with van der Waals surface area (Å²) in [6.45, 7) is 6.49. The largest absolute Gasteiger partial charge is 0.378 e. The first-order valence-electron chi connectivity index (χ1n) is 12.1. The van der Waals surface area contributed by atoms with E-state index >= 15 is 0 Å². The van der Waals surface area contributed by atoms with Gasteiger partial charge in [-0.15, -0.1) is 0 Å². The minimum absolute atomic E-state index is 0.461.